The van der Waals surface area contributed by atoms with E-state index in [0.29, 0.717) is 24.4 Å². The minimum absolute atomic E-state index is 0.0825. The molecule has 0 saturated heterocycles. The van der Waals surface area contributed by atoms with E-state index < -0.39 is 17.7 Å². The van der Waals surface area contributed by atoms with Gasteiger partial charge < -0.3 is 30.9 Å². The summed E-state index contributed by atoms with van der Waals surface area (Å²) in [7, 11) is 1.57. The molecule has 0 aliphatic heterocycles. The molecule has 0 radical (unpaired) electrons. The van der Waals surface area contributed by atoms with Gasteiger partial charge >= 0.3 is 6.03 Å². The summed E-state index contributed by atoms with van der Waals surface area (Å²) in [5.74, 6) is 6.86. The molecule has 36 heavy (non-hydrogen) atoms. The number of aromatic nitrogens is 1. The number of amides is 2. The highest BCUT2D eigenvalue weighted by molar-refractivity contribution is 5.89. The van der Waals surface area contributed by atoms with E-state index in [1.54, 1.807) is 43.8 Å². The highest BCUT2D eigenvalue weighted by Gasteiger charge is 2.31. The summed E-state index contributed by atoms with van der Waals surface area (Å²) in [6, 6.07) is 18.1. The number of aliphatic hydroxyl groups excluding tert-OH is 1. The van der Waals surface area contributed by atoms with Gasteiger partial charge in [0.1, 0.15) is 17.5 Å². The van der Waals surface area contributed by atoms with E-state index >= 15 is 0 Å². The van der Waals surface area contributed by atoms with E-state index in [1.165, 1.54) is 11.8 Å². The molecule has 0 fully saturated rings. The minimum Gasteiger partial charge on any atom is -0.497 e. The fourth-order valence-electron chi connectivity index (χ4n) is 3.29. The first-order chi connectivity index (χ1) is 17.3. The molecule has 0 saturated carbocycles. The third-order valence-corrected chi connectivity index (χ3v) is 5.79. The predicted molar refractivity (Wildman–Crippen MR) is 140 cm³/mol. The van der Waals surface area contributed by atoms with Crippen LogP contribution in [-0.4, -0.2) is 64.6 Å². The number of hydrogen-bond acceptors (Lipinski definition) is 6. The zero-order chi connectivity index (χ0) is 26.0. The third-order valence-electron chi connectivity index (χ3n) is 5.79. The maximum absolute atomic E-state index is 13.0. The van der Waals surface area contributed by atoms with Gasteiger partial charge in [-0.3, -0.25) is 4.98 Å². The number of benzene rings is 2. The average molecular weight is 489 g/mol. The van der Waals surface area contributed by atoms with Gasteiger partial charge in [-0.1, -0.05) is 24.0 Å². The van der Waals surface area contributed by atoms with E-state index in [2.05, 4.69) is 22.1 Å². The van der Waals surface area contributed by atoms with E-state index in [4.69, 9.17) is 10.5 Å². The number of hydrogen-bond donors (Lipinski definition) is 4. The van der Waals surface area contributed by atoms with Crippen molar-refractivity contribution in [2.45, 2.75) is 25.0 Å². The number of pyridine rings is 1. The Kier molecular flexibility index (Phi) is 9.42. The smallest absolute Gasteiger partial charge is 0.321 e. The van der Waals surface area contributed by atoms with Gasteiger partial charge in [-0.2, -0.15) is 0 Å². The van der Waals surface area contributed by atoms with Crippen LogP contribution in [0.3, 0.4) is 0 Å². The van der Waals surface area contributed by atoms with Crippen LogP contribution < -0.4 is 15.8 Å². The summed E-state index contributed by atoms with van der Waals surface area (Å²) in [5, 5.41) is 23.7. The van der Waals surface area contributed by atoms with Gasteiger partial charge in [-0.15, -0.1) is 0 Å². The number of nitrogens with two attached hydrogens (primary N) is 1. The van der Waals surface area contributed by atoms with Crippen LogP contribution in [0.15, 0.2) is 73.1 Å². The first-order valence-electron chi connectivity index (χ1n) is 11.6. The zero-order valence-corrected chi connectivity index (χ0v) is 20.5. The Morgan fingerprint density at radius 1 is 1.14 bits per heavy atom. The summed E-state index contributed by atoms with van der Waals surface area (Å²) < 4.78 is 5.15. The molecule has 2 aromatic carbocycles. The van der Waals surface area contributed by atoms with Gasteiger partial charge in [-0.05, 0) is 67.4 Å². The highest BCUT2D eigenvalue weighted by Crippen LogP contribution is 2.17. The Morgan fingerprint density at radius 2 is 1.83 bits per heavy atom. The fourth-order valence-corrected chi connectivity index (χ4v) is 3.29. The lowest BCUT2D eigenvalue weighted by Crippen LogP contribution is -2.53. The second-order valence-corrected chi connectivity index (χ2v) is 8.62. The van der Waals surface area contributed by atoms with Gasteiger partial charge in [0.25, 0.3) is 0 Å². The van der Waals surface area contributed by atoms with Gasteiger partial charge in [0.05, 0.1) is 13.7 Å². The van der Waals surface area contributed by atoms with E-state index in [9.17, 15) is 15.0 Å². The number of methoxy groups -OCH3 is 1. The van der Waals surface area contributed by atoms with E-state index in [0.717, 1.165) is 16.7 Å². The predicted octanol–water partition coefficient (Wildman–Crippen LogP) is 2.64. The van der Waals surface area contributed by atoms with Crippen molar-refractivity contribution in [3.05, 3.63) is 89.7 Å². The number of nitrogens with one attached hydrogen (secondary N) is 1. The standard InChI is InChI=1S/C28H32N4O4/c1-28(35,20-29)26(33)19-32(27(34)31-24-11-13-25(36-2)14-12-24)17-15-22-7-5-21(6-8-22)9-10-23-4-3-16-30-18-23/h3-8,11-14,16,18,26,33,35H,15,17,19-20,29H2,1-2H3,(H,31,34)/t26-,28-/m0/s1. The molecular formula is C28H32N4O4. The monoisotopic (exact) mass is 488 g/mol. The number of urea groups is 1. The second-order valence-electron chi connectivity index (χ2n) is 8.62. The lowest BCUT2D eigenvalue weighted by Gasteiger charge is -2.32. The Balaban J connectivity index is 1.67. The first-order valence-corrected chi connectivity index (χ1v) is 11.6. The number of anilines is 1. The molecule has 0 spiro atoms. The number of carbonyl (C=O) groups excluding carboxylic acids is 1. The average Bonchev–Trinajstić information content (AvgIpc) is 2.91. The Bertz CT molecular complexity index is 1170. The number of carbonyl (C=O) groups is 1. The molecule has 1 heterocycles. The van der Waals surface area contributed by atoms with Crippen molar-refractivity contribution >= 4 is 11.7 Å². The molecule has 2 atom stereocenters. The van der Waals surface area contributed by atoms with Crippen LogP contribution in [0.5, 0.6) is 5.75 Å². The minimum atomic E-state index is -1.52. The summed E-state index contributed by atoms with van der Waals surface area (Å²) in [6.45, 7) is 1.55. The SMILES string of the molecule is COc1ccc(NC(=O)N(CCc2ccc(C#Cc3cccnc3)cc2)C[C@H](O)[C@@](C)(O)CN)cc1. The van der Waals surface area contributed by atoms with Gasteiger partial charge in [0.15, 0.2) is 0 Å². The molecule has 3 rings (SSSR count). The van der Waals surface area contributed by atoms with Crippen LogP contribution in [0.2, 0.25) is 0 Å². The van der Waals surface area contributed by atoms with Crippen LogP contribution in [-0.2, 0) is 6.42 Å². The largest absolute Gasteiger partial charge is 0.497 e. The highest BCUT2D eigenvalue weighted by atomic mass is 16.5. The molecule has 188 valence electrons. The number of aliphatic hydroxyl groups is 2. The van der Waals surface area contributed by atoms with Crippen LogP contribution in [0.1, 0.15) is 23.6 Å². The van der Waals surface area contributed by atoms with Gasteiger partial charge in [0.2, 0.25) is 0 Å². The Morgan fingerprint density at radius 3 is 2.44 bits per heavy atom. The molecule has 8 heteroatoms. The summed E-state index contributed by atoms with van der Waals surface area (Å²) in [5.41, 5.74) is 7.37. The quantitative estimate of drug-likeness (QED) is 0.344. The molecule has 1 aromatic heterocycles. The van der Waals surface area contributed by atoms with Crippen molar-refractivity contribution < 1.29 is 19.7 Å². The summed E-state index contributed by atoms with van der Waals surface area (Å²) in [6.07, 6.45) is 2.75. The second kappa shape index (κ2) is 12.7. The van der Waals surface area contributed by atoms with Crippen molar-refractivity contribution in [3.8, 4) is 17.6 Å². The molecule has 5 N–H and O–H groups in total. The molecule has 0 bridgehead atoms. The number of nitrogens with zero attached hydrogens (tertiary/aromatic N) is 2. The third kappa shape index (κ3) is 7.82. The summed E-state index contributed by atoms with van der Waals surface area (Å²) >= 11 is 0. The molecule has 0 unspecified atom stereocenters. The molecule has 2 amide bonds. The first kappa shape index (κ1) is 26.7. The lowest BCUT2D eigenvalue weighted by molar-refractivity contribution is -0.0627. The van der Waals surface area contributed by atoms with Crippen molar-refractivity contribution in [1.29, 1.82) is 0 Å². The zero-order valence-electron chi connectivity index (χ0n) is 20.5. The number of rotatable bonds is 9. The molecule has 0 aliphatic carbocycles. The van der Waals surface area contributed by atoms with Crippen LogP contribution in [0.4, 0.5) is 10.5 Å². The maximum atomic E-state index is 13.0. The molecule has 0 aliphatic rings. The Labute approximate surface area is 211 Å². The van der Waals surface area contributed by atoms with Crippen molar-refractivity contribution in [2.75, 3.05) is 32.1 Å². The van der Waals surface area contributed by atoms with Crippen LogP contribution in [0, 0.1) is 11.8 Å². The van der Waals surface area contributed by atoms with Crippen molar-refractivity contribution in [1.82, 2.24) is 9.88 Å². The summed E-state index contributed by atoms with van der Waals surface area (Å²) in [4.78, 5) is 18.6. The maximum Gasteiger partial charge on any atom is 0.321 e. The van der Waals surface area contributed by atoms with Crippen LogP contribution in [0.25, 0.3) is 0 Å². The topological polar surface area (TPSA) is 121 Å². The number of ether oxygens (including phenoxy) is 1. The molecular weight excluding hydrogens is 456 g/mol. The lowest BCUT2D eigenvalue weighted by atomic mass is 9.99. The van der Waals surface area contributed by atoms with Gasteiger partial charge in [0, 0.05) is 42.3 Å². The van der Waals surface area contributed by atoms with Crippen molar-refractivity contribution in [3.63, 3.8) is 0 Å². The van der Waals surface area contributed by atoms with E-state index in [1.807, 2.05) is 36.4 Å². The Hall–Kier alpha value is -3.90. The van der Waals surface area contributed by atoms with Gasteiger partial charge in [-0.25, -0.2) is 4.79 Å². The van der Waals surface area contributed by atoms with Crippen molar-refractivity contribution in [2.24, 2.45) is 5.73 Å². The fraction of sp³-hybridized carbons (Fsp3) is 0.286. The molecule has 3 aromatic rings. The molecule has 8 nitrogen and oxygen atoms in total. The van der Waals surface area contributed by atoms with Crippen LogP contribution >= 0.6 is 0 Å². The van der Waals surface area contributed by atoms with E-state index in [-0.39, 0.29) is 13.1 Å². The normalized spacial score (nSPS) is 13.0.